The second kappa shape index (κ2) is 8.13. The summed E-state index contributed by atoms with van der Waals surface area (Å²) < 4.78 is 10.2. The number of hydrogen-bond acceptors (Lipinski definition) is 8. The summed E-state index contributed by atoms with van der Waals surface area (Å²) in [6.45, 7) is 1.99. The summed E-state index contributed by atoms with van der Waals surface area (Å²) in [5.41, 5.74) is 2.74. The van der Waals surface area contributed by atoms with Crippen LogP contribution < -0.4 is 15.4 Å². The van der Waals surface area contributed by atoms with Gasteiger partial charge in [0.05, 0.1) is 37.4 Å². The van der Waals surface area contributed by atoms with Crippen LogP contribution in [0.5, 0.6) is 5.75 Å². The minimum atomic E-state index is -0.454. The van der Waals surface area contributed by atoms with E-state index >= 15 is 0 Å². The Hall–Kier alpha value is -3.68. The molecule has 0 unspecified atom stereocenters. The zero-order valence-electron chi connectivity index (χ0n) is 15.2. The molecule has 0 aliphatic rings. The summed E-state index contributed by atoms with van der Waals surface area (Å²) in [6.07, 6.45) is 1.50. The summed E-state index contributed by atoms with van der Waals surface area (Å²) in [4.78, 5) is 16.3. The van der Waals surface area contributed by atoms with Crippen molar-refractivity contribution in [2.45, 2.75) is 6.92 Å². The van der Waals surface area contributed by atoms with Gasteiger partial charge in [-0.3, -0.25) is 0 Å². The van der Waals surface area contributed by atoms with Crippen LogP contribution in [-0.2, 0) is 4.74 Å². The third kappa shape index (κ3) is 4.30. The van der Waals surface area contributed by atoms with Crippen LogP contribution in [0.4, 0.5) is 23.1 Å². The van der Waals surface area contributed by atoms with Crippen LogP contribution in [-0.4, -0.2) is 35.4 Å². The van der Waals surface area contributed by atoms with Crippen molar-refractivity contribution >= 4 is 29.1 Å². The molecule has 2 N–H and O–H groups in total. The molecule has 138 valence electrons. The number of para-hydroxylation sites is 1. The zero-order chi connectivity index (χ0) is 19.2. The lowest BCUT2D eigenvalue weighted by Gasteiger charge is -2.12. The van der Waals surface area contributed by atoms with Crippen molar-refractivity contribution < 1.29 is 14.3 Å². The Kier molecular flexibility index (Phi) is 5.46. The first kappa shape index (κ1) is 18.1. The van der Waals surface area contributed by atoms with Gasteiger partial charge in [-0.25, -0.2) is 4.79 Å². The highest BCUT2D eigenvalue weighted by molar-refractivity contribution is 5.96. The Bertz CT molecular complexity index is 962. The van der Waals surface area contributed by atoms with Crippen LogP contribution in [0.3, 0.4) is 0 Å². The number of ether oxygens (including phenoxy) is 2. The van der Waals surface area contributed by atoms with Crippen LogP contribution >= 0.6 is 0 Å². The van der Waals surface area contributed by atoms with Crippen LogP contribution in [0.1, 0.15) is 15.9 Å². The third-order valence-electron chi connectivity index (χ3n) is 3.76. The SMILES string of the molecule is COC(=O)c1ccccc1Nc1nncc(Nc2cc(C)ccc2OC)n1. The lowest BCUT2D eigenvalue weighted by molar-refractivity contribution is 0.0602. The zero-order valence-corrected chi connectivity index (χ0v) is 15.2. The maximum Gasteiger partial charge on any atom is 0.339 e. The average Bonchev–Trinajstić information content (AvgIpc) is 2.68. The number of aromatic nitrogens is 3. The number of aryl methyl sites for hydroxylation is 1. The summed E-state index contributed by atoms with van der Waals surface area (Å²) >= 11 is 0. The minimum absolute atomic E-state index is 0.239. The maximum atomic E-state index is 11.9. The summed E-state index contributed by atoms with van der Waals surface area (Å²) in [5.74, 6) is 0.949. The Labute approximate surface area is 156 Å². The van der Waals surface area contributed by atoms with Crippen LogP contribution in [0.15, 0.2) is 48.7 Å². The van der Waals surface area contributed by atoms with E-state index < -0.39 is 5.97 Å². The van der Waals surface area contributed by atoms with Crippen molar-refractivity contribution in [1.29, 1.82) is 0 Å². The van der Waals surface area contributed by atoms with Crippen molar-refractivity contribution in [2.24, 2.45) is 0 Å². The van der Waals surface area contributed by atoms with Crippen molar-refractivity contribution in [1.82, 2.24) is 15.2 Å². The van der Waals surface area contributed by atoms with Gasteiger partial charge in [0.2, 0.25) is 5.95 Å². The number of methoxy groups -OCH3 is 2. The summed E-state index contributed by atoms with van der Waals surface area (Å²) in [7, 11) is 2.93. The number of nitrogens with one attached hydrogen (secondary N) is 2. The maximum absolute atomic E-state index is 11.9. The van der Waals surface area contributed by atoms with E-state index in [1.807, 2.05) is 25.1 Å². The van der Waals surface area contributed by atoms with E-state index in [1.165, 1.54) is 13.3 Å². The van der Waals surface area contributed by atoms with Gasteiger partial charge in [-0.1, -0.05) is 18.2 Å². The first-order valence-corrected chi connectivity index (χ1v) is 8.16. The number of benzene rings is 2. The normalized spacial score (nSPS) is 10.2. The van der Waals surface area contributed by atoms with E-state index in [0.29, 0.717) is 22.8 Å². The molecule has 0 aliphatic carbocycles. The number of carbonyl (C=O) groups is 1. The molecule has 0 atom stereocenters. The predicted molar refractivity (Wildman–Crippen MR) is 102 cm³/mol. The molecule has 1 heterocycles. The molecule has 27 heavy (non-hydrogen) atoms. The number of nitrogens with zero attached hydrogens (tertiary/aromatic N) is 3. The van der Waals surface area contributed by atoms with Gasteiger partial charge in [0.15, 0.2) is 5.82 Å². The molecule has 0 amide bonds. The molecule has 2 aromatic carbocycles. The quantitative estimate of drug-likeness (QED) is 0.641. The molecule has 0 aliphatic heterocycles. The van der Waals surface area contributed by atoms with Gasteiger partial charge in [-0.05, 0) is 36.8 Å². The molecule has 0 radical (unpaired) electrons. The molecule has 0 fully saturated rings. The van der Waals surface area contributed by atoms with E-state index in [0.717, 1.165) is 11.3 Å². The summed E-state index contributed by atoms with van der Waals surface area (Å²) in [5, 5.41) is 14.1. The Morgan fingerprint density at radius 3 is 2.63 bits per heavy atom. The van der Waals surface area contributed by atoms with Crippen molar-refractivity contribution in [2.75, 3.05) is 24.9 Å². The molecular weight excluding hydrogens is 346 g/mol. The topological polar surface area (TPSA) is 98.3 Å². The van der Waals surface area contributed by atoms with Gasteiger partial charge < -0.3 is 20.1 Å². The van der Waals surface area contributed by atoms with Crippen LogP contribution in [0.2, 0.25) is 0 Å². The van der Waals surface area contributed by atoms with E-state index in [4.69, 9.17) is 9.47 Å². The standard InChI is InChI=1S/C19H19N5O3/c1-12-8-9-16(26-2)15(10-12)21-17-11-20-24-19(23-17)22-14-7-5-4-6-13(14)18(25)27-3/h4-11H,1-3H3,(H2,21,22,23,24). The van der Waals surface area contributed by atoms with Crippen molar-refractivity contribution in [3.05, 3.63) is 59.8 Å². The lowest BCUT2D eigenvalue weighted by Crippen LogP contribution is -2.08. The van der Waals surface area contributed by atoms with Crippen molar-refractivity contribution in [3.8, 4) is 5.75 Å². The molecule has 8 nitrogen and oxygen atoms in total. The Morgan fingerprint density at radius 1 is 1.04 bits per heavy atom. The van der Waals surface area contributed by atoms with Crippen LogP contribution in [0, 0.1) is 6.92 Å². The molecular formula is C19H19N5O3. The number of esters is 1. The largest absolute Gasteiger partial charge is 0.495 e. The molecule has 8 heteroatoms. The fourth-order valence-corrected chi connectivity index (χ4v) is 2.47. The predicted octanol–water partition coefficient (Wildman–Crippen LogP) is 3.46. The molecule has 3 rings (SSSR count). The van der Waals surface area contributed by atoms with Crippen molar-refractivity contribution in [3.63, 3.8) is 0 Å². The molecule has 0 spiro atoms. The van der Waals surface area contributed by atoms with Gasteiger partial charge in [-0.2, -0.15) is 10.1 Å². The monoisotopic (exact) mass is 365 g/mol. The van der Waals surface area contributed by atoms with E-state index in [2.05, 4.69) is 25.8 Å². The van der Waals surface area contributed by atoms with E-state index in [9.17, 15) is 4.79 Å². The molecule has 3 aromatic rings. The number of carbonyl (C=O) groups excluding carboxylic acids is 1. The van der Waals surface area contributed by atoms with Gasteiger partial charge in [0, 0.05) is 0 Å². The fourth-order valence-electron chi connectivity index (χ4n) is 2.47. The number of anilines is 4. The Balaban J connectivity index is 1.85. The highest BCUT2D eigenvalue weighted by atomic mass is 16.5. The molecule has 0 saturated heterocycles. The van der Waals surface area contributed by atoms with Gasteiger partial charge in [-0.15, -0.1) is 5.10 Å². The van der Waals surface area contributed by atoms with Gasteiger partial charge in [0.25, 0.3) is 0 Å². The molecule has 0 saturated carbocycles. The van der Waals surface area contributed by atoms with E-state index in [-0.39, 0.29) is 5.95 Å². The fraction of sp³-hybridized carbons (Fsp3) is 0.158. The smallest absolute Gasteiger partial charge is 0.339 e. The first-order valence-electron chi connectivity index (χ1n) is 8.16. The third-order valence-corrected chi connectivity index (χ3v) is 3.76. The highest BCUT2D eigenvalue weighted by Crippen LogP contribution is 2.28. The Morgan fingerprint density at radius 2 is 1.85 bits per heavy atom. The second-order valence-electron chi connectivity index (χ2n) is 5.66. The highest BCUT2D eigenvalue weighted by Gasteiger charge is 2.13. The lowest BCUT2D eigenvalue weighted by atomic mass is 10.2. The van der Waals surface area contributed by atoms with Gasteiger partial charge >= 0.3 is 5.97 Å². The summed E-state index contributed by atoms with van der Waals surface area (Å²) in [6, 6.07) is 12.7. The van der Waals surface area contributed by atoms with Gasteiger partial charge in [0.1, 0.15) is 5.75 Å². The average molecular weight is 365 g/mol. The van der Waals surface area contributed by atoms with Crippen LogP contribution in [0.25, 0.3) is 0 Å². The number of rotatable bonds is 6. The minimum Gasteiger partial charge on any atom is -0.495 e. The van der Waals surface area contributed by atoms with E-state index in [1.54, 1.807) is 31.4 Å². The first-order chi connectivity index (χ1) is 13.1. The molecule has 0 bridgehead atoms. The second-order valence-corrected chi connectivity index (χ2v) is 5.66. The molecule has 1 aromatic heterocycles. The number of hydrogen-bond donors (Lipinski definition) is 2.